The van der Waals surface area contributed by atoms with Crippen LogP contribution in [-0.4, -0.2) is 22.8 Å². The average molecular weight is 303 g/mol. The van der Waals surface area contributed by atoms with Gasteiger partial charge in [-0.1, -0.05) is 19.1 Å². The molecule has 1 amide bonds. The van der Waals surface area contributed by atoms with Crippen molar-refractivity contribution < 1.29 is 4.79 Å². The van der Waals surface area contributed by atoms with Crippen molar-refractivity contribution in [3.63, 3.8) is 0 Å². The largest absolute Gasteiger partial charge is 0.399 e. The summed E-state index contributed by atoms with van der Waals surface area (Å²) in [5, 5.41) is 1.03. The van der Waals surface area contributed by atoms with E-state index in [1.54, 1.807) is 16.2 Å². The first-order valence-electron chi connectivity index (χ1n) is 6.96. The molecular weight excluding hydrogens is 282 g/mol. The van der Waals surface area contributed by atoms with E-state index in [1.807, 2.05) is 44.4 Å². The minimum atomic E-state index is 0.144. The standard InChI is InChI=1S/C16H21N3OS/c1-11(13-4-6-14(17)7-5-13)8-16(20)19(3)10-15-9-18-12(2)21-15/h4-7,9,11H,8,10,17H2,1-3H3. The van der Waals surface area contributed by atoms with Crippen LogP contribution < -0.4 is 5.73 Å². The van der Waals surface area contributed by atoms with Gasteiger partial charge in [0.05, 0.1) is 11.6 Å². The van der Waals surface area contributed by atoms with Crippen LogP contribution in [0, 0.1) is 6.92 Å². The summed E-state index contributed by atoms with van der Waals surface area (Å²) in [5.41, 5.74) is 7.57. The molecule has 21 heavy (non-hydrogen) atoms. The number of carbonyl (C=O) groups is 1. The number of aryl methyl sites for hydroxylation is 1. The van der Waals surface area contributed by atoms with Gasteiger partial charge < -0.3 is 10.6 Å². The Hall–Kier alpha value is -1.88. The van der Waals surface area contributed by atoms with Gasteiger partial charge in [-0.15, -0.1) is 11.3 Å². The number of carbonyl (C=O) groups excluding carboxylic acids is 1. The summed E-state index contributed by atoms with van der Waals surface area (Å²) in [7, 11) is 1.84. The van der Waals surface area contributed by atoms with Gasteiger partial charge in [0.1, 0.15) is 0 Å². The SMILES string of the molecule is Cc1ncc(CN(C)C(=O)CC(C)c2ccc(N)cc2)s1. The van der Waals surface area contributed by atoms with Crippen molar-refractivity contribution >= 4 is 22.9 Å². The third kappa shape index (κ3) is 4.29. The van der Waals surface area contributed by atoms with Crippen molar-refractivity contribution in [1.29, 1.82) is 0 Å². The molecule has 0 fully saturated rings. The van der Waals surface area contributed by atoms with Crippen LogP contribution in [0.25, 0.3) is 0 Å². The number of nitrogens with zero attached hydrogens (tertiary/aromatic N) is 2. The number of nitrogen functional groups attached to an aromatic ring is 1. The molecule has 1 aromatic heterocycles. The summed E-state index contributed by atoms with van der Waals surface area (Å²) in [5.74, 6) is 0.328. The summed E-state index contributed by atoms with van der Waals surface area (Å²) in [6.07, 6.45) is 2.34. The number of anilines is 1. The van der Waals surface area contributed by atoms with E-state index in [0.29, 0.717) is 13.0 Å². The van der Waals surface area contributed by atoms with Gasteiger partial charge in [-0.3, -0.25) is 4.79 Å². The third-order valence-electron chi connectivity index (χ3n) is 3.47. The number of aromatic nitrogens is 1. The normalized spacial score (nSPS) is 12.1. The lowest BCUT2D eigenvalue weighted by molar-refractivity contribution is -0.130. The highest BCUT2D eigenvalue weighted by Gasteiger charge is 2.15. The molecule has 1 aromatic carbocycles. The Morgan fingerprint density at radius 2 is 2.05 bits per heavy atom. The number of amides is 1. The number of rotatable bonds is 5. The van der Waals surface area contributed by atoms with Crippen LogP contribution in [0.3, 0.4) is 0 Å². The Labute approximate surface area is 129 Å². The van der Waals surface area contributed by atoms with E-state index >= 15 is 0 Å². The molecule has 2 N–H and O–H groups in total. The molecule has 112 valence electrons. The molecular formula is C16H21N3OS. The van der Waals surface area contributed by atoms with Crippen molar-refractivity contribution in [2.75, 3.05) is 12.8 Å². The van der Waals surface area contributed by atoms with Gasteiger partial charge in [0, 0.05) is 30.2 Å². The second-order valence-corrected chi connectivity index (χ2v) is 6.69. The zero-order valence-electron chi connectivity index (χ0n) is 12.7. The quantitative estimate of drug-likeness (QED) is 0.863. The lowest BCUT2D eigenvalue weighted by Crippen LogP contribution is -2.26. The fourth-order valence-electron chi connectivity index (χ4n) is 2.16. The summed E-state index contributed by atoms with van der Waals surface area (Å²) >= 11 is 1.63. The van der Waals surface area contributed by atoms with Gasteiger partial charge in [-0.05, 0) is 30.5 Å². The van der Waals surface area contributed by atoms with E-state index in [0.717, 1.165) is 21.1 Å². The van der Waals surface area contributed by atoms with Gasteiger partial charge in [-0.2, -0.15) is 0 Å². The first-order chi connectivity index (χ1) is 9.95. The molecule has 0 spiro atoms. The Bertz CT molecular complexity index is 606. The Morgan fingerprint density at radius 1 is 1.38 bits per heavy atom. The molecule has 2 rings (SSSR count). The molecule has 0 aliphatic heterocycles. The summed E-state index contributed by atoms with van der Waals surface area (Å²) in [6, 6.07) is 7.72. The highest BCUT2D eigenvalue weighted by atomic mass is 32.1. The maximum absolute atomic E-state index is 12.3. The van der Waals surface area contributed by atoms with Gasteiger partial charge in [0.2, 0.25) is 5.91 Å². The second kappa shape index (κ2) is 6.72. The van der Waals surface area contributed by atoms with E-state index in [-0.39, 0.29) is 11.8 Å². The number of hydrogen-bond donors (Lipinski definition) is 1. The Kier molecular flexibility index (Phi) is 4.96. The topological polar surface area (TPSA) is 59.2 Å². The van der Waals surface area contributed by atoms with E-state index < -0.39 is 0 Å². The van der Waals surface area contributed by atoms with Crippen molar-refractivity contribution in [3.8, 4) is 0 Å². The van der Waals surface area contributed by atoms with E-state index in [4.69, 9.17) is 5.73 Å². The third-order valence-corrected chi connectivity index (χ3v) is 4.37. The second-order valence-electron chi connectivity index (χ2n) is 5.37. The van der Waals surface area contributed by atoms with Crippen LogP contribution in [0.4, 0.5) is 5.69 Å². The molecule has 0 radical (unpaired) electrons. The van der Waals surface area contributed by atoms with Crippen LogP contribution in [-0.2, 0) is 11.3 Å². The Morgan fingerprint density at radius 3 is 2.62 bits per heavy atom. The van der Waals surface area contributed by atoms with Crippen LogP contribution in [0.15, 0.2) is 30.5 Å². The molecule has 1 heterocycles. The van der Waals surface area contributed by atoms with E-state index in [9.17, 15) is 4.79 Å². The predicted molar refractivity (Wildman–Crippen MR) is 87.2 cm³/mol. The molecule has 0 aliphatic carbocycles. The highest BCUT2D eigenvalue weighted by molar-refractivity contribution is 7.11. The monoisotopic (exact) mass is 303 g/mol. The number of hydrogen-bond acceptors (Lipinski definition) is 4. The van der Waals surface area contributed by atoms with Crippen LogP contribution in [0.5, 0.6) is 0 Å². The maximum atomic E-state index is 12.3. The lowest BCUT2D eigenvalue weighted by Gasteiger charge is -2.19. The first kappa shape index (κ1) is 15.5. The van der Waals surface area contributed by atoms with Gasteiger partial charge in [0.15, 0.2) is 0 Å². The smallest absolute Gasteiger partial charge is 0.223 e. The number of benzene rings is 1. The highest BCUT2D eigenvalue weighted by Crippen LogP contribution is 2.22. The molecule has 1 atom stereocenters. The van der Waals surface area contributed by atoms with Crippen LogP contribution in [0.1, 0.15) is 34.7 Å². The average Bonchev–Trinajstić information content (AvgIpc) is 2.84. The zero-order valence-corrected chi connectivity index (χ0v) is 13.5. The van der Waals surface area contributed by atoms with E-state index in [2.05, 4.69) is 11.9 Å². The number of nitrogens with two attached hydrogens (primary N) is 1. The molecule has 4 nitrogen and oxygen atoms in total. The Balaban J connectivity index is 1.92. The van der Waals surface area contributed by atoms with Gasteiger partial charge >= 0.3 is 0 Å². The van der Waals surface area contributed by atoms with E-state index in [1.165, 1.54) is 0 Å². The van der Waals surface area contributed by atoms with Crippen molar-refractivity contribution in [2.24, 2.45) is 0 Å². The van der Waals surface area contributed by atoms with Crippen LogP contribution in [0.2, 0.25) is 0 Å². The lowest BCUT2D eigenvalue weighted by atomic mass is 9.97. The molecule has 1 unspecified atom stereocenters. The molecule has 0 saturated heterocycles. The number of thiazole rings is 1. The molecule has 0 bridgehead atoms. The van der Waals surface area contributed by atoms with Gasteiger partial charge in [0.25, 0.3) is 0 Å². The predicted octanol–water partition coefficient (Wildman–Crippen LogP) is 3.19. The first-order valence-corrected chi connectivity index (χ1v) is 7.78. The molecule has 5 heteroatoms. The van der Waals surface area contributed by atoms with Crippen molar-refractivity contribution in [1.82, 2.24) is 9.88 Å². The zero-order chi connectivity index (χ0) is 15.4. The van der Waals surface area contributed by atoms with Crippen molar-refractivity contribution in [2.45, 2.75) is 32.7 Å². The summed E-state index contributed by atoms with van der Waals surface area (Å²) in [6.45, 7) is 4.66. The van der Waals surface area contributed by atoms with Crippen molar-refractivity contribution in [3.05, 3.63) is 45.9 Å². The van der Waals surface area contributed by atoms with Crippen LogP contribution >= 0.6 is 11.3 Å². The fraction of sp³-hybridized carbons (Fsp3) is 0.375. The molecule has 0 aliphatic rings. The fourth-order valence-corrected chi connectivity index (χ4v) is 3.01. The molecule has 2 aromatic rings. The minimum Gasteiger partial charge on any atom is -0.399 e. The minimum absolute atomic E-state index is 0.144. The molecule has 0 saturated carbocycles. The van der Waals surface area contributed by atoms with Gasteiger partial charge in [-0.25, -0.2) is 4.98 Å². The summed E-state index contributed by atoms with van der Waals surface area (Å²) < 4.78 is 0. The summed E-state index contributed by atoms with van der Waals surface area (Å²) in [4.78, 5) is 19.4. The maximum Gasteiger partial charge on any atom is 0.223 e.